The fourth-order valence-electron chi connectivity index (χ4n) is 2.27. The van der Waals surface area contributed by atoms with E-state index in [2.05, 4.69) is 18.7 Å². The quantitative estimate of drug-likeness (QED) is 0.697. The van der Waals surface area contributed by atoms with Crippen LogP contribution in [-0.2, 0) is 4.74 Å². The van der Waals surface area contributed by atoms with E-state index in [0.29, 0.717) is 18.1 Å². The summed E-state index contributed by atoms with van der Waals surface area (Å²) in [7, 11) is 0. The zero-order valence-corrected chi connectivity index (χ0v) is 9.84. The number of hydrogen-bond donors (Lipinski definition) is 0. The summed E-state index contributed by atoms with van der Waals surface area (Å²) in [4.78, 5) is 2.27. The summed E-state index contributed by atoms with van der Waals surface area (Å²) in [6, 6.07) is 0. The summed E-state index contributed by atoms with van der Waals surface area (Å²) in [5.41, 5.74) is 0.369. The molecule has 1 saturated carbocycles. The molecule has 0 aromatic carbocycles. The Hall–Kier alpha value is -0.150. The van der Waals surface area contributed by atoms with E-state index in [1.807, 2.05) is 0 Å². The van der Waals surface area contributed by atoms with Crippen molar-refractivity contribution < 1.29 is 9.13 Å². The highest BCUT2D eigenvalue weighted by molar-refractivity contribution is 4.97. The van der Waals surface area contributed by atoms with Crippen LogP contribution in [0.25, 0.3) is 0 Å². The van der Waals surface area contributed by atoms with Gasteiger partial charge in [0.05, 0.1) is 12.7 Å². The lowest BCUT2D eigenvalue weighted by molar-refractivity contribution is 0.0329. The first-order valence-corrected chi connectivity index (χ1v) is 6.08. The fourth-order valence-corrected chi connectivity index (χ4v) is 2.27. The lowest BCUT2D eigenvalue weighted by Gasteiger charge is -2.23. The van der Waals surface area contributed by atoms with Crippen LogP contribution < -0.4 is 0 Å². The van der Waals surface area contributed by atoms with Gasteiger partial charge in [-0.25, -0.2) is 4.39 Å². The molecule has 3 heteroatoms. The largest absolute Gasteiger partial charge is 0.378 e. The topological polar surface area (TPSA) is 12.5 Å². The standard InChI is InChI=1S/C12H22FNO/c1-10(2)15-9-12(4-5-12)8-14-6-3-11(13)7-14/h10-11H,3-9H2,1-2H3. The number of rotatable bonds is 5. The van der Waals surface area contributed by atoms with Crippen LogP contribution in [0, 0.1) is 5.41 Å². The van der Waals surface area contributed by atoms with Crippen molar-refractivity contribution >= 4 is 0 Å². The van der Waals surface area contributed by atoms with Gasteiger partial charge in [0.15, 0.2) is 0 Å². The number of hydrogen-bond acceptors (Lipinski definition) is 2. The molecule has 1 aliphatic carbocycles. The fraction of sp³-hybridized carbons (Fsp3) is 1.00. The zero-order valence-electron chi connectivity index (χ0n) is 9.84. The monoisotopic (exact) mass is 215 g/mol. The van der Waals surface area contributed by atoms with Gasteiger partial charge >= 0.3 is 0 Å². The van der Waals surface area contributed by atoms with Crippen LogP contribution in [0.1, 0.15) is 33.1 Å². The van der Waals surface area contributed by atoms with Gasteiger partial charge in [0.25, 0.3) is 0 Å². The van der Waals surface area contributed by atoms with Crippen LogP contribution >= 0.6 is 0 Å². The molecule has 1 atom stereocenters. The van der Waals surface area contributed by atoms with E-state index in [9.17, 15) is 4.39 Å². The van der Waals surface area contributed by atoms with Crippen LogP contribution in [0.15, 0.2) is 0 Å². The maximum atomic E-state index is 13.0. The Labute approximate surface area is 91.8 Å². The maximum absolute atomic E-state index is 13.0. The van der Waals surface area contributed by atoms with Gasteiger partial charge in [0.2, 0.25) is 0 Å². The van der Waals surface area contributed by atoms with Gasteiger partial charge in [-0.15, -0.1) is 0 Å². The summed E-state index contributed by atoms with van der Waals surface area (Å²) >= 11 is 0. The van der Waals surface area contributed by atoms with Crippen molar-refractivity contribution in [3.8, 4) is 0 Å². The molecule has 88 valence electrons. The Balaban J connectivity index is 1.73. The summed E-state index contributed by atoms with van der Waals surface area (Å²) in [5, 5.41) is 0. The molecule has 0 spiro atoms. The number of ether oxygens (including phenoxy) is 1. The Bertz CT molecular complexity index is 216. The Morgan fingerprint density at radius 1 is 1.47 bits per heavy atom. The molecule has 1 heterocycles. The van der Waals surface area contributed by atoms with E-state index in [0.717, 1.165) is 26.1 Å². The minimum absolute atomic E-state index is 0.315. The minimum atomic E-state index is -0.591. The van der Waals surface area contributed by atoms with Gasteiger partial charge in [0, 0.05) is 25.0 Å². The average Bonchev–Trinajstić information content (AvgIpc) is 2.81. The average molecular weight is 215 g/mol. The van der Waals surface area contributed by atoms with Crippen molar-refractivity contribution in [3.05, 3.63) is 0 Å². The van der Waals surface area contributed by atoms with Gasteiger partial charge < -0.3 is 4.74 Å². The van der Waals surface area contributed by atoms with Crippen molar-refractivity contribution in [3.63, 3.8) is 0 Å². The normalized spacial score (nSPS) is 30.0. The highest BCUT2D eigenvalue weighted by Gasteiger charge is 2.45. The molecule has 0 aromatic rings. The second-order valence-electron chi connectivity index (χ2n) is 5.48. The predicted octanol–water partition coefficient (Wildman–Crippen LogP) is 2.24. The summed E-state index contributed by atoms with van der Waals surface area (Å²) in [6.45, 7) is 7.62. The molecule has 2 fully saturated rings. The smallest absolute Gasteiger partial charge is 0.114 e. The molecule has 0 amide bonds. The van der Waals surface area contributed by atoms with Crippen LogP contribution in [0.4, 0.5) is 4.39 Å². The van der Waals surface area contributed by atoms with Gasteiger partial charge in [-0.05, 0) is 33.1 Å². The molecular weight excluding hydrogens is 193 g/mol. The third-order valence-electron chi connectivity index (χ3n) is 3.45. The maximum Gasteiger partial charge on any atom is 0.114 e. The number of likely N-dealkylation sites (tertiary alicyclic amines) is 1. The van der Waals surface area contributed by atoms with Crippen molar-refractivity contribution in [2.24, 2.45) is 5.41 Å². The third-order valence-corrected chi connectivity index (χ3v) is 3.45. The third kappa shape index (κ3) is 3.15. The molecule has 15 heavy (non-hydrogen) atoms. The molecule has 0 aromatic heterocycles. The van der Waals surface area contributed by atoms with E-state index in [1.165, 1.54) is 12.8 Å². The molecular formula is C12H22FNO. The second kappa shape index (κ2) is 4.38. The molecule has 2 rings (SSSR count). The molecule has 0 N–H and O–H groups in total. The summed E-state index contributed by atoms with van der Waals surface area (Å²) in [5.74, 6) is 0. The highest BCUT2D eigenvalue weighted by Crippen LogP contribution is 2.47. The Morgan fingerprint density at radius 2 is 2.20 bits per heavy atom. The van der Waals surface area contributed by atoms with E-state index in [-0.39, 0.29) is 0 Å². The van der Waals surface area contributed by atoms with E-state index in [4.69, 9.17) is 4.74 Å². The van der Waals surface area contributed by atoms with Crippen LogP contribution in [0.5, 0.6) is 0 Å². The van der Waals surface area contributed by atoms with Crippen LogP contribution in [0.3, 0.4) is 0 Å². The Kier molecular flexibility index (Phi) is 3.31. The molecule has 1 saturated heterocycles. The number of alkyl halides is 1. The van der Waals surface area contributed by atoms with E-state index in [1.54, 1.807) is 0 Å². The lowest BCUT2D eigenvalue weighted by Crippen LogP contribution is -2.32. The number of halogens is 1. The summed E-state index contributed by atoms with van der Waals surface area (Å²) < 4.78 is 18.7. The first-order valence-electron chi connectivity index (χ1n) is 6.08. The van der Waals surface area contributed by atoms with E-state index < -0.39 is 6.17 Å². The summed E-state index contributed by atoms with van der Waals surface area (Å²) in [6.07, 6.45) is 2.96. The van der Waals surface area contributed by atoms with Crippen molar-refractivity contribution in [2.75, 3.05) is 26.2 Å². The van der Waals surface area contributed by atoms with Crippen LogP contribution in [-0.4, -0.2) is 43.4 Å². The first kappa shape index (κ1) is 11.3. The molecule has 1 unspecified atom stereocenters. The zero-order chi connectivity index (χ0) is 10.9. The molecule has 0 bridgehead atoms. The Morgan fingerprint density at radius 3 is 2.67 bits per heavy atom. The molecule has 2 nitrogen and oxygen atoms in total. The van der Waals surface area contributed by atoms with Crippen molar-refractivity contribution in [1.82, 2.24) is 4.90 Å². The highest BCUT2D eigenvalue weighted by atomic mass is 19.1. The van der Waals surface area contributed by atoms with Gasteiger partial charge in [-0.1, -0.05) is 0 Å². The SMILES string of the molecule is CC(C)OCC1(CN2CCC(F)C2)CC1. The second-order valence-corrected chi connectivity index (χ2v) is 5.48. The van der Waals surface area contributed by atoms with Crippen molar-refractivity contribution in [2.45, 2.75) is 45.4 Å². The lowest BCUT2D eigenvalue weighted by atomic mass is 10.1. The predicted molar refractivity (Wildman–Crippen MR) is 58.7 cm³/mol. The van der Waals surface area contributed by atoms with Crippen molar-refractivity contribution in [1.29, 1.82) is 0 Å². The van der Waals surface area contributed by atoms with Gasteiger partial charge in [0.1, 0.15) is 6.17 Å². The van der Waals surface area contributed by atoms with Crippen LogP contribution in [0.2, 0.25) is 0 Å². The number of nitrogens with zero attached hydrogens (tertiary/aromatic N) is 1. The first-order chi connectivity index (χ1) is 7.10. The van der Waals surface area contributed by atoms with Gasteiger partial charge in [-0.2, -0.15) is 0 Å². The minimum Gasteiger partial charge on any atom is -0.378 e. The van der Waals surface area contributed by atoms with Gasteiger partial charge in [-0.3, -0.25) is 4.90 Å². The molecule has 1 aliphatic heterocycles. The molecule has 0 radical (unpaired) electrons. The molecule has 2 aliphatic rings. The van der Waals surface area contributed by atoms with E-state index >= 15 is 0 Å².